The lowest BCUT2D eigenvalue weighted by atomic mass is 9.88. The van der Waals surface area contributed by atoms with Crippen molar-refractivity contribution < 1.29 is 23.0 Å². The van der Waals surface area contributed by atoms with Crippen LogP contribution < -0.4 is 0 Å². The summed E-state index contributed by atoms with van der Waals surface area (Å²) < 4.78 is 47.4. The van der Waals surface area contributed by atoms with Gasteiger partial charge < -0.3 is 14.7 Å². The van der Waals surface area contributed by atoms with Gasteiger partial charge in [-0.2, -0.15) is 13.2 Å². The van der Waals surface area contributed by atoms with E-state index in [-0.39, 0.29) is 17.7 Å². The van der Waals surface area contributed by atoms with Gasteiger partial charge >= 0.3 is 6.18 Å². The van der Waals surface area contributed by atoms with E-state index in [1.54, 1.807) is 49.7 Å². The van der Waals surface area contributed by atoms with E-state index in [4.69, 9.17) is 4.74 Å². The maximum atomic E-state index is 14.1. The first-order valence-corrected chi connectivity index (χ1v) is 10.4. The lowest BCUT2D eigenvalue weighted by Gasteiger charge is -2.33. The van der Waals surface area contributed by atoms with Crippen molar-refractivity contribution in [2.24, 2.45) is 4.99 Å². The minimum absolute atomic E-state index is 0.0733. The van der Waals surface area contributed by atoms with E-state index in [0.29, 0.717) is 16.1 Å². The summed E-state index contributed by atoms with van der Waals surface area (Å²) in [5, 5.41) is 10.9. The number of ether oxygens (including phenoxy) is 1. The van der Waals surface area contributed by atoms with Crippen molar-refractivity contribution in [3.8, 4) is 0 Å². The number of benzene rings is 2. The Morgan fingerprint density at radius 1 is 1.20 bits per heavy atom. The molecule has 1 atom stereocenters. The number of nitrogens with zero attached hydrogens (tertiary/aromatic N) is 2. The summed E-state index contributed by atoms with van der Waals surface area (Å²) in [4.78, 5) is 6.88. The third-order valence-corrected chi connectivity index (χ3v) is 5.89. The van der Waals surface area contributed by atoms with Gasteiger partial charge in [0.25, 0.3) is 0 Å². The molecule has 0 aliphatic carbocycles. The predicted octanol–water partition coefficient (Wildman–Crippen LogP) is 5.30. The van der Waals surface area contributed by atoms with Crippen molar-refractivity contribution in [1.29, 1.82) is 0 Å². The van der Waals surface area contributed by atoms with Crippen LogP contribution in [0.1, 0.15) is 23.6 Å². The summed E-state index contributed by atoms with van der Waals surface area (Å²) in [6, 6.07) is 11.6. The molecular formula is C22H27F3N2O2S. The van der Waals surface area contributed by atoms with E-state index in [9.17, 15) is 18.3 Å². The molecule has 0 aromatic heterocycles. The lowest BCUT2D eigenvalue weighted by molar-refractivity contribution is -0.256. The number of hydrogen-bond acceptors (Lipinski definition) is 4. The van der Waals surface area contributed by atoms with Crippen LogP contribution in [0, 0.1) is 6.92 Å². The molecule has 164 valence electrons. The first-order valence-electron chi connectivity index (χ1n) is 9.46. The van der Waals surface area contributed by atoms with Gasteiger partial charge in [0.15, 0.2) is 5.60 Å². The topological polar surface area (TPSA) is 45.1 Å². The van der Waals surface area contributed by atoms with Gasteiger partial charge in [0.1, 0.15) is 0 Å². The number of halogens is 3. The van der Waals surface area contributed by atoms with Gasteiger partial charge in [-0.3, -0.25) is 0 Å². The van der Waals surface area contributed by atoms with Crippen LogP contribution in [0.15, 0.2) is 52.4 Å². The molecule has 0 heterocycles. The quantitative estimate of drug-likeness (QED) is 0.327. The van der Waals surface area contributed by atoms with Gasteiger partial charge in [-0.25, -0.2) is 4.99 Å². The first kappa shape index (κ1) is 24.2. The van der Waals surface area contributed by atoms with E-state index < -0.39 is 17.5 Å². The maximum absolute atomic E-state index is 14.1. The second-order valence-electron chi connectivity index (χ2n) is 7.01. The van der Waals surface area contributed by atoms with E-state index in [2.05, 4.69) is 4.99 Å². The Balaban J connectivity index is 2.51. The van der Waals surface area contributed by atoms with Gasteiger partial charge in [-0.05, 0) is 48.7 Å². The second-order valence-corrected chi connectivity index (χ2v) is 8.06. The average molecular weight is 441 g/mol. The minimum atomic E-state index is -4.86. The fourth-order valence-corrected chi connectivity index (χ4v) is 3.84. The molecule has 2 aromatic carbocycles. The van der Waals surface area contributed by atoms with Gasteiger partial charge in [0.05, 0.1) is 18.6 Å². The van der Waals surface area contributed by atoms with Crippen LogP contribution in [0.3, 0.4) is 0 Å². The molecule has 1 unspecified atom stereocenters. The van der Waals surface area contributed by atoms with Gasteiger partial charge in [0, 0.05) is 31.4 Å². The number of aliphatic imine (C=N–C) groups is 1. The number of thioether (sulfide) groups is 1. The monoisotopic (exact) mass is 440 g/mol. The molecule has 2 rings (SSSR count). The van der Waals surface area contributed by atoms with E-state index in [1.807, 2.05) is 18.9 Å². The SMILES string of the molecule is CCN(C)C=Nc1cc(COC)c(C(O)(CSc2ccccc2)C(F)(F)F)cc1C. The molecule has 0 amide bonds. The zero-order valence-corrected chi connectivity index (χ0v) is 18.3. The highest BCUT2D eigenvalue weighted by molar-refractivity contribution is 7.99. The predicted molar refractivity (Wildman–Crippen MR) is 115 cm³/mol. The molecule has 30 heavy (non-hydrogen) atoms. The highest BCUT2D eigenvalue weighted by Crippen LogP contribution is 2.45. The normalized spacial score (nSPS) is 14.1. The Hall–Kier alpha value is -2.03. The first-order chi connectivity index (χ1) is 14.1. The Labute approximate surface area is 179 Å². The van der Waals surface area contributed by atoms with Gasteiger partial charge in [-0.1, -0.05) is 24.3 Å². The average Bonchev–Trinajstić information content (AvgIpc) is 2.71. The second kappa shape index (κ2) is 10.3. The third kappa shape index (κ3) is 5.77. The van der Waals surface area contributed by atoms with Crippen LogP contribution in [0.25, 0.3) is 0 Å². The van der Waals surface area contributed by atoms with Crippen LogP contribution in [0.4, 0.5) is 18.9 Å². The molecule has 0 saturated heterocycles. The molecule has 0 aliphatic rings. The standard InChI is InChI=1S/C22H27F3N2O2S/c1-5-27(3)15-26-20-12-17(13-29-4)19(11-16(20)2)21(28,22(23,24)25)14-30-18-9-7-6-8-10-18/h6-12,15,28H,5,13-14H2,1-4H3. The number of aryl methyl sites for hydroxylation is 1. The molecule has 2 aromatic rings. The van der Waals surface area contributed by atoms with E-state index in [1.165, 1.54) is 13.2 Å². The molecular weight excluding hydrogens is 413 g/mol. The number of hydrogen-bond donors (Lipinski definition) is 1. The molecule has 0 radical (unpaired) electrons. The van der Waals surface area contributed by atoms with E-state index in [0.717, 1.165) is 18.3 Å². The number of rotatable bonds is 9. The summed E-state index contributed by atoms with van der Waals surface area (Å²) in [7, 11) is 3.26. The fourth-order valence-electron chi connectivity index (χ4n) is 2.80. The van der Waals surface area contributed by atoms with E-state index >= 15 is 0 Å². The number of methoxy groups -OCH3 is 1. The molecule has 4 nitrogen and oxygen atoms in total. The summed E-state index contributed by atoms with van der Waals surface area (Å²) in [6.07, 6.45) is -3.24. The van der Waals surface area contributed by atoms with Crippen LogP contribution in [0.5, 0.6) is 0 Å². The zero-order chi connectivity index (χ0) is 22.4. The fraction of sp³-hybridized carbons (Fsp3) is 0.409. The summed E-state index contributed by atoms with van der Waals surface area (Å²) in [6.45, 7) is 4.32. The van der Waals surface area contributed by atoms with Crippen molar-refractivity contribution in [3.05, 3.63) is 59.2 Å². The van der Waals surface area contributed by atoms with Gasteiger partial charge in [0.2, 0.25) is 0 Å². The molecule has 0 bridgehead atoms. The lowest BCUT2D eigenvalue weighted by Crippen LogP contribution is -2.45. The molecule has 1 N–H and O–H groups in total. The summed E-state index contributed by atoms with van der Waals surface area (Å²) in [5.74, 6) is -0.572. The smallest absolute Gasteiger partial charge is 0.380 e. The van der Waals surface area contributed by atoms with Crippen molar-refractivity contribution in [2.45, 2.75) is 37.1 Å². The molecule has 0 aliphatic heterocycles. The summed E-state index contributed by atoms with van der Waals surface area (Å²) in [5.41, 5.74) is -1.91. The van der Waals surface area contributed by atoms with Crippen molar-refractivity contribution in [3.63, 3.8) is 0 Å². The number of aliphatic hydroxyl groups is 1. The third-order valence-electron chi connectivity index (χ3n) is 4.72. The molecule has 8 heteroatoms. The Morgan fingerprint density at radius 2 is 1.87 bits per heavy atom. The van der Waals surface area contributed by atoms with Crippen molar-refractivity contribution >= 4 is 23.8 Å². The maximum Gasteiger partial charge on any atom is 0.422 e. The Bertz CT molecular complexity index is 859. The van der Waals surface area contributed by atoms with Crippen LogP contribution in [0.2, 0.25) is 0 Å². The summed E-state index contributed by atoms with van der Waals surface area (Å²) >= 11 is 0.956. The van der Waals surface area contributed by atoms with Crippen LogP contribution >= 0.6 is 11.8 Å². The zero-order valence-electron chi connectivity index (χ0n) is 17.5. The van der Waals surface area contributed by atoms with Crippen molar-refractivity contribution in [1.82, 2.24) is 4.90 Å². The highest BCUT2D eigenvalue weighted by Gasteiger charge is 2.55. The van der Waals surface area contributed by atoms with Crippen molar-refractivity contribution in [2.75, 3.05) is 26.5 Å². The molecule has 0 saturated carbocycles. The van der Waals surface area contributed by atoms with Crippen LogP contribution in [-0.4, -0.2) is 49.0 Å². The Morgan fingerprint density at radius 3 is 2.43 bits per heavy atom. The van der Waals surface area contributed by atoms with Gasteiger partial charge in [-0.15, -0.1) is 11.8 Å². The molecule has 0 spiro atoms. The minimum Gasteiger partial charge on any atom is -0.380 e. The number of alkyl halides is 3. The highest BCUT2D eigenvalue weighted by atomic mass is 32.2. The Kier molecular flexibility index (Phi) is 8.34. The van der Waals surface area contributed by atoms with Crippen LogP contribution in [-0.2, 0) is 16.9 Å². The largest absolute Gasteiger partial charge is 0.422 e. The molecule has 0 fully saturated rings.